The minimum atomic E-state index is -0.276. The molecule has 29 heavy (non-hydrogen) atoms. The maximum atomic E-state index is 12.7. The van der Waals surface area contributed by atoms with Crippen molar-refractivity contribution in [2.45, 2.75) is 13.5 Å². The van der Waals surface area contributed by atoms with Crippen molar-refractivity contribution < 1.29 is 19.0 Å². The summed E-state index contributed by atoms with van der Waals surface area (Å²) in [5, 5.41) is 4.18. The Morgan fingerprint density at radius 1 is 1.17 bits per heavy atom. The lowest BCUT2D eigenvalue weighted by atomic mass is 10.3. The van der Waals surface area contributed by atoms with Gasteiger partial charge in [-0.25, -0.2) is 9.97 Å². The fourth-order valence-corrected chi connectivity index (χ4v) is 3.40. The molecule has 0 unspecified atom stereocenters. The number of nitrogens with one attached hydrogen (secondary N) is 1. The van der Waals surface area contributed by atoms with Gasteiger partial charge in [-0.15, -0.1) is 11.3 Å². The minimum absolute atomic E-state index is 0.263. The van der Waals surface area contributed by atoms with Crippen molar-refractivity contribution in [1.82, 2.24) is 9.97 Å². The van der Waals surface area contributed by atoms with Crippen molar-refractivity contribution >= 4 is 34.5 Å². The van der Waals surface area contributed by atoms with E-state index < -0.39 is 0 Å². The molecule has 0 spiro atoms. The van der Waals surface area contributed by atoms with Crippen LogP contribution in [0.15, 0.2) is 42.6 Å². The first kappa shape index (κ1) is 21.0. The van der Waals surface area contributed by atoms with Crippen LogP contribution in [0.1, 0.15) is 20.4 Å². The maximum absolute atomic E-state index is 12.7. The van der Waals surface area contributed by atoms with Crippen LogP contribution in [0.25, 0.3) is 0 Å². The number of amides is 1. The summed E-state index contributed by atoms with van der Waals surface area (Å²) in [6.07, 6.45) is 1.60. The number of nitrogens with zero attached hydrogens (tertiary/aromatic N) is 2. The third-order valence-electron chi connectivity index (χ3n) is 3.77. The Balaban J connectivity index is 1.65. The van der Waals surface area contributed by atoms with Crippen LogP contribution in [-0.2, 0) is 11.3 Å². The number of pyridine rings is 1. The van der Waals surface area contributed by atoms with Crippen molar-refractivity contribution in [3.05, 3.63) is 63.2 Å². The van der Waals surface area contributed by atoms with Crippen molar-refractivity contribution in [2.24, 2.45) is 0 Å². The first-order valence-electron chi connectivity index (χ1n) is 8.79. The number of methoxy groups -OCH3 is 1. The van der Waals surface area contributed by atoms with E-state index in [9.17, 15) is 4.79 Å². The molecule has 0 aliphatic rings. The molecule has 0 radical (unpaired) electrons. The Morgan fingerprint density at radius 3 is 2.72 bits per heavy atom. The predicted octanol–water partition coefficient (Wildman–Crippen LogP) is 4.36. The summed E-state index contributed by atoms with van der Waals surface area (Å²) < 4.78 is 16.2. The van der Waals surface area contributed by atoms with Crippen LogP contribution in [0, 0.1) is 6.92 Å². The standard InChI is InChI=1S/C20H20ClN3O4S/c1-13-18(29-17(23-13)12-28-15-7-5-14(21)6-8-15)19(25)24-16-4-3-9-22-20(16)27-11-10-26-2/h3-9H,10-12H2,1-2H3,(H,24,25). The zero-order valence-corrected chi connectivity index (χ0v) is 17.5. The smallest absolute Gasteiger partial charge is 0.267 e. The van der Waals surface area contributed by atoms with Gasteiger partial charge in [-0.05, 0) is 43.3 Å². The number of anilines is 1. The molecule has 9 heteroatoms. The molecule has 152 valence electrons. The molecule has 0 fully saturated rings. The summed E-state index contributed by atoms with van der Waals surface area (Å²) in [4.78, 5) is 21.8. The normalized spacial score (nSPS) is 10.6. The number of thiazole rings is 1. The number of rotatable bonds is 9. The summed E-state index contributed by atoms with van der Waals surface area (Å²) in [6.45, 7) is 2.81. The van der Waals surface area contributed by atoms with Gasteiger partial charge in [-0.3, -0.25) is 4.79 Å². The molecule has 0 saturated carbocycles. The van der Waals surface area contributed by atoms with Gasteiger partial charge in [-0.2, -0.15) is 0 Å². The second-order valence-corrected chi connectivity index (χ2v) is 7.44. The number of benzene rings is 1. The van der Waals surface area contributed by atoms with E-state index in [1.165, 1.54) is 11.3 Å². The number of hydrogen-bond donors (Lipinski definition) is 1. The Bertz CT molecular complexity index is 963. The molecule has 3 rings (SSSR count). The zero-order valence-electron chi connectivity index (χ0n) is 16.0. The zero-order chi connectivity index (χ0) is 20.6. The first-order chi connectivity index (χ1) is 14.1. The van der Waals surface area contributed by atoms with Crippen LogP contribution in [0.3, 0.4) is 0 Å². The van der Waals surface area contributed by atoms with Crippen LogP contribution in [0.5, 0.6) is 11.6 Å². The van der Waals surface area contributed by atoms with Crippen molar-refractivity contribution in [3.8, 4) is 11.6 Å². The third kappa shape index (κ3) is 5.90. The molecular formula is C20H20ClN3O4S. The van der Waals surface area contributed by atoms with E-state index in [2.05, 4.69) is 15.3 Å². The lowest BCUT2D eigenvalue weighted by molar-refractivity contribution is 0.102. The number of carbonyl (C=O) groups excluding carboxylic acids is 1. The molecular weight excluding hydrogens is 414 g/mol. The largest absolute Gasteiger partial charge is 0.486 e. The van der Waals surface area contributed by atoms with Gasteiger partial charge in [-0.1, -0.05) is 11.6 Å². The maximum Gasteiger partial charge on any atom is 0.267 e. The molecule has 0 aliphatic heterocycles. The summed E-state index contributed by atoms with van der Waals surface area (Å²) in [7, 11) is 1.59. The van der Waals surface area contributed by atoms with Gasteiger partial charge in [0.25, 0.3) is 5.91 Å². The average Bonchev–Trinajstić information content (AvgIpc) is 3.10. The predicted molar refractivity (Wildman–Crippen MR) is 112 cm³/mol. The molecule has 2 aromatic heterocycles. The molecule has 0 bridgehead atoms. The molecule has 0 saturated heterocycles. The molecule has 0 atom stereocenters. The van der Waals surface area contributed by atoms with E-state index in [-0.39, 0.29) is 12.5 Å². The quantitative estimate of drug-likeness (QED) is 0.505. The molecule has 1 amide bonds. The summed E-state index contributed by atoms with van der Waals surface area (Å²) in [6, 6.07) is 10.5. The number of ether oxygens (including phenoxy) is 3. The Morgan fingerprint density at radius 2 is 1.97 bits per heavy atom. The average molecular weight is 434 g/mol. The van der Waals surface area contributed by atoms with Crippen LogP contribution in [0.4, 0.5) is 5.69 Å². The lowest BCUT2D eigenvalue weighted by Crippen LogP contribution is -2.14. The van der Waals surface area contributed by atoms with Gasteiger partial charge in [0.15, 0.2) is 0 Å². The molecule has 1 N–H and O–H groups in total. The van der Waals surface area contributed by atoms with Crippen molar-refractivity contribution in [3.63, 3.8) is 0 Å². The highest BCUT2D eigenvalue weighted by Crippen LogP contribution is 2.25. The number of aromatic nitrogens is 2. The highest BCUT2D eigenvalue weighted by atomic mass is 35.5. The SMILES string of the molecule is COCCOc1ncccc1NC(=O)c1sc(COc2ccc(Cl)cc2)nc1C. The van der Waals surface area contributed by atoms with Gasteiger partial charge >= 0.3 is 0 Å². The first-order valence-corrected chi connectivity index (χ1v) is 9.99. The van der Waals surface area contributed by atoms with E-state index in [1.807, 2.05) is 0 Å². The summed E-state index contributed by atoms with van der Waals surface area (Å²) in [5.74, 6) is 0.746. The topological polar surface area (TPSA) is 82.6 Å². The number of aryl methyl sites for hydroxylation is 1. The fourth-order valence-electron chi connectivity index (χ4n) is 2.40. The van der Waals surface area contributed by atoms with Gasteiger partial charge < -0.3 is 19.5 Å². The molecule has 1 aromatic carbocycles. The van der Waals surface area contributed by atoms with E-state index in [4.69, 9.17) is 25.8 Å². The van der Waals surface area contributed by atoms with E-state index in [0.29, 0.717) is 51.1 Å². The van der Waals surface area contributed by atoms with Crippen LogP contribution in [0.2, 0.25) is 5.02 Å². The summed E-state index contributed by atoms with van der Waals surface area (Å²) in [5.41, 5.74) is 1.12. The Labute approximate surface area is 177 Å². The van der Waals surface area contributed by atoms with E-state index in [1.54, 1.807) is 56.6 Å². The Kier molecular flexibility index (Phi) is 7.40. The number of halogens is 1. The monoisotopic (exact) mass is 433 g/mol. The van der Waals surface area contributed by atoms with Gasteiger partial charge in [0.1, 0.15) is 34.5 Å². The van der Waals surface area contributed by atoms with Gasteiger partial charge in [0, 0.05) is 18.3 Å². The van der Waals surface area contributed by atoms with Crippen LogP contribution in [-0.4, -0.2) is 36.2 Å². The number of hydrogen-bond acceptors (Lipinski definition) is 7. The highest BCUT2D eigenvalue weighted by molar-refractivity contribution is 7.13. The number of carbonyl (C=O) groups is 1. The summed E-state index contributed by atoms with van der Waals surface area (Å²) >= 11 is 7.15. The lowest BCUT2D eigenvalue weighted by Gasteiger charge is -2.10. The van der Waals surface area contributed by atoms with Crippen molar-refractivity contribution in [1.29, 1.82) is 0 Å². The second kappa shape index (κ2) is 10.2. The molecule has 3 aromatic rings. The second-order valence-electron chi connectivity index (χ2n) is 5.92. The molecule has 2 heterocycles. The Hall–Kier alpha value is -2.68. The third-order valence-corrected chi connectivity index (χ3v) is 5.15. The van der Waals surface area contributed by atoms with Crippen LogP contribution >= 0.6 is 22.9 Å². The molecule has 7 nitrogen and oxygen atoms in total. The van der Waals surface area contributed by atoms with E-state index in [0.717, 1.165) is 0 Å². The van der Waals surface area contributed by atoms with Crippen molar-refractivity contribution in [2.75, 3.05) is 25.6 Å². The minimum Gasteiger partial charge on any atom is -0.486 e. The highest BCUT2D eigenvalue weighted by Gasteiger charge is 2.18. The van der Waals surface area contributed by atoms with Gasteiger partial charge in [0.2, 0.25) is 5.88 Å². The fraction of sp³-hybridized carbons (Fsp3) is 0.250. The molecule has 0 aliphatic carbocycles. The van der Waals surface area contributed by atoms with Crippen LogP contribution < -0.4 is 14.8 Å². The van der Waals surface area contributed by atoms with Gasteiger partial charge in [0.05, 0.1) is 12.3 Å². The van der Waals surface area contributed by atoms with E-state index >= 15 is 0 Å².